The third-order valence-electron chi connectivity index (χ3n) is 2.75. The van der Waals surface area contributed by atoms with Gasteiger partial charge in [0.25, 0.3) is 0 Å². The summed E-state index contributed by atoms with van der Waals surface area (Å²) in [5.41, 5.74) is 0. The number of hydrogen-bond acceptors (Lipinski definition) is 2. The number of carbonyl (C=O) groups is 1. The van der Waals surface area contributed by atoms with E-state index in [0.29, 0.717) is 12.5 Å². The molecule has 0 radical (unpaired) electrons. The lowest BCUT2D eigenvalue weighted by Gasteiger charge is -2.23. The molecule has 0 spiro atoms. The Labute approximate surface area is 102 Å². The van der Waals surface area contributed by atoms with Crippen LogP contribution in [0.4, 0.5) is 0 Å². The minimum atomic E-state index is 0.280. The van der Waals surface area contributed by atoms with Crippen molar-refractivity contribution in [1.29, 1.82) is 0 Å². The molecular formula is C11H14BrNOS. The molecule has 2 nitrogen and oxygen atoms in total. The van der Waals surface area contributed by atoms with Crippen molar-refractivity contribution in [2.24, 2.45) is 0 Å². The maximum absolute atomic E-state index is 11.9. The van der Waals surface area contributed by atoms with Gasteiger partial charge in [-0.2, -0.15) is 0 Å². The van der Waals surface area contributed by atoms with Gasteiger partial charge in [0.1, 0.15) is 0 Å². The fraction of sp³-hybridized carbons (Fsp3) is 0.545. The lowest BCUT2D eigenvalue weighted by Crippen LogP contribution is -2.30. The topological polar surface area (TPSA) is 20.3 Å². The van der Waals surface area contributed by atoms with Crippen LogP contribution in [0.2, 0.25) is 0 Å². The Balaban J connectivity index is 2.08. The van der Waals surface area contributed by atoms with Gasteiger partial charge in [-0.05, 0) is 24.3 Å². The standard InChI is InChI=1S/C11H14BrNOS/c12-6-5-11(14)13-7-1-3-9(13)10-4-2-8-15-10/h2,4,8-9H,1,3,5-7H2. The maximum atomic E-state index is 11.9. The molecule has 1 aromatic heterocycles. The van der Waals surface area contributed by atoms with Gasteiger partial charge >= 0.3 is 0 Å². The van der Waals surface area contributed by atoms with Gasteiger partial charge in [0, 0.05) is 23.2 Å². The zero-order chi connectivity index (χ0) is 10.7. The highest BCUT2D eigenvalue weighted by Gasteiger charge is 2.29. The molecule has 2 rings (SSSR count). The van der Waals surface area contributed by atoms with E-state index in [1.54, 1.807) is 11.3 Å². The number of rotatable bonds is 3. The summed E-state index contributed by atoms with van der Waals surface area (Å²) in [5, 5.41) is 2.85. The number of likely N-dealkylation sites (tertiary alicyclic amines) is 1. The molecule has 1 unspecified atom stereocenters. The quantitative estimate of drug-likeness (QED) is 0.782. The van der Waals surface area contributed by atoms with E-state index in [9.17, 15) is 4.79 Å². The van der Waals surface area contributed by atoms with E-state index in [2.05, 4.69) is 33.4 Å². The minimum absolute atomic E-state index is 0.280. The predicted molar refractivity (Wildman–Crippen MR) is 66.4 cm³/mol. The normalized spacial score (nSPS) is 20.9. The van der Waals surface area contributed by atoms with Crippen molar-refractivity contribution < 1.29 is 4.79 Å². The Bertz CT molecular complexity index is 325. The van der Waals surface area contributed by atoms with Gasteiger partial charge in [-0.15, -0.1) is 11.3 Å². The maximum Gasteiger partial charge on any atom is 0.223 e. The smallest absolute Gasteiger partial charge is 0.223 e. The number of hydrogen-bond donors (Lipinski definition) is 0. The van der Waals surface area contributed by atoms with Crippen LogP contribution in [0.5, 0.6) is 0 Å². The third-order valence-corrected chi connectivity index (χ3v) is 4.12. The molecule has 1 saturated heterocycles. The van der Waals surface area contributed by atoms with Crippen molar-refractivity contribution >= 4 is 33.2 Å². The van der Waals surface area contributed by atoms with Crippen LogP contribution in [0.1, 0.15) is 30.2 Å². The number of carbonyl (C=O) groups excluding carboxylic acids is 1. The van der Waals surface area contributed by atoms with Crippen molar-refractivity contribution in [2.45, 2.75) is 25.3 Å². The average Bonchev–Trinajstić information content (AvgIpc) is 2.88. The molecule has 0 aliphatic carbocycles. The summed E-state index contributed by atoms with van der Waals surface area (Å²) < 4.78 is 0. The van der Waals surface area contributed by atoms with Gasteiger partial charge in [-0.1, -0.05) is 22.0 Å². The highest BCUT2D eigenvalue weighted by Crippen LogP contribution is 2.34. The van der Waals surface area contributed by atoms with Crippen molar-refractivity contribution in [3.63, 3.8) is 0 Å². The van der Waals surface area contributed by atoms with Crippen molar-refractivity contribution in [1.82, 2.24) is 4.90 Å². The second-order valence-corrected chi connectivity index (χ2v) is 5.47. The number of nitrogens with zero attached hydrogens (tertiary/aromatic N) is 1. The summed E-state index contributed by atoms with van der Waals surface area (Å²) in [7, 11) is 0. The Morgan fingerprint density at radius 3 is 3.20 bits per heavy atom. The van der Waals surface area contributed by atoms with Crippen molar-refractivity contribution in [3.8, 4) is 0 Å². The van der Waals surface area contributed by atoms with Crippen LogP contribution in [-0.2, 0) is 4.79 Å². The fourth-order valence-corrected chi connectivity index (χ4v) is 3.28. The van der Waals surface area contributed by atoms with Crippen LogP contribution >= 0.6 is 27.3 Å². The van der Waals surface area contributed by atoms with Crippen LogP contribution in [0, 0.1) is 0 Å². The molecule has 1 atom stereocenters. The molecule has 1 amide bonds. The summed E-state index contributed by atoms with van der Waals surface area (Å²) in [6, 6.07) is 4.54. The van der Waals surface area contributed by atoms with Crippen LogP contribution in [0.15, 0.2) is 17.5 Å². The van der Waals surface area contributed by atoms with E-state index in [-0.39, 0.29) is 5.91 Å². The van der Waals surface area contributed by atoms with E-state index in [1.165, 1.54) is 4.88 Å². The summed E-state index contributed by atoms with van der Waals surface area (Å²) in [6.07, 6.45) is 2.87. The van der Waals surface area contributed by atoms with E-state index in [4.69, 9.17) is 0 Å². The van der Waals surface area contributed by atoms with Gasteiger partial charge in [0.2, 0.25) is 5.91 Å². The molecule has 0 aromatic carbocycles. The third kappa shape index (κ3) is 2.42. The molecule has 82 valence electrons. The lowest BCUT2D eigenvalue weighted by atomic mass is 10.2. The largest absolute Gasteiger partial charge is 0.335 e. The molecule has 1 aliphatic rings. The Kier molecular flexibility index (Phi) is 3.81. The minimum Gasteiger partial charge on any atom is -0.335 e. The van der Waals surface area contributed by atoms with Gasteiger partial charge in [0.15, 0.2) is 0 Å². The van der Waals surface area contributed by atoms with Crippen LogP contribution < -0.4 is 0 Å². The Morgan fingerprint density at radius 2 is 2.53 bits per heavy atom. The second-order valence-electron chi connectivity index (χ2n) is 3.70. The van der Waals surface area contributed by atoms with Crippen LogP contribution in [0.3, 0.4) is 0 Å². The first-order chi connectivity index (χ1) is 7.33. The highest BCUT2D eigenvalue weighted by atomic mass is 79.9. The van der Waals surface area contributed by atoms with E-state index in [0.717, 1.165) is 24.7 Å². The van der Waals surface area contributed by atoms with Gasteiger partial charge in [0.05, 0.1) is 6.04 Å². The van der Waals surface area contributed by atoms with Crippen molar-refractivity contribution in [2.75, 3.05) is 11.9 Å². The second kappa shape index (κ2) is 5.12. The first-order valence-electron chi connectivity index (χ1n) is 5.22. The van der Waals surface area contributed by atoms with E-state index in [1.807, 2.05) is 4.90 Å². The molecule has 0 saturated carbocycles. The summed E-state index contributed by atoms with van der Waals surface area (Å²) in [6.45, 7) is 0.925. The Morgan fingerprint density at radius 1 is 1.67 bits per heavy atom. The SMILES string of the molecule is O=C(CCBr)N1CCCC1c1cccs1. The number of thiophene rings is 1. The number of amides is 1. The van der Waals surface area contributed by atoms with Crippen LogP contribution in [-0.4, -0.2) is 22.7 Å². The zero-order valence-corrected chi connectivity index (χ0v) is 10.9. The van der Waals surface area contributed by atoms with Gasteiger partial charge in [-0.3, -0.25) is 4.79 Å². The molecular weight excluding hydrogens is 274 g/mol. The van der Waals surface area contributed by atoms with Gasteiger partial charge < -0.3 is 4.90 Å². The lowest BCUT2D eigenvalue weighted by molar-refractivity contribution is -0.131. The molecule has 0 bridgehead atoms. The molecule has 4 heteroatoms. The first kappa shape index (κ1) is 11.1. The predicted octanol–water partition coefficient (Wildman–Crippen LogP) is 3.20. The molecule has 15 heavy (non-hydrogen) atoms. The molecule has 2 heterocycles. The molecule has 1 fully saturated rings. The highest BCUT2D eigenvalue weighted by molar-refractivity contribution is 9.09. The number of alkyl halides is 1. The molecule has 1 aromatic rings. The summed E-state index contributed by atoms with van der Waals surface area (Å²) in [4.78, 5) is 15.2. The van der Waals surface area contributed by atoms with Crippen LogP contribution in [0.25, 0.3) is 0 Å². The van der Waals surface area contributed by atoms with Crippen molar-refractivity contribution in [3.05, 3.63) is 22.4 Å². The van der Waals surface area contributed by atoms with E-state index >= 15 is 0 Å². The molecule has 0 N–H and O–H groups in total. The number of halogens is 1. The first-order valence-corrected chi connectivity index (χ1v) is 7.22. The monoisotopic (exact) mass is 287 g/mol. The summed E-state index contributed by atoms with van der Waals surface area (Å²) >= 11 is 5.07. The fourth-order valence-electron chi connectivity index (χ4n) is 2.07. The summed E-state index contributed by atoms with van der Waals surface area (Å²) in [5.74, 6) is 0.280. The zero-order valence-electron chi connectivity index (χ0n) is 8.49. The molecule has 1 aliphatic heterocycles. The average molecular weight is 288 g/mol. The van der Waals surface area contributed by atoms with E-state index < -0.39 is 0 Å². The van der Waals surface area contributed by atoms with Gasteiger partial charge in [-0.25, -0.2) is 0 Å². The Hall–Kier alpha value is -0.350.